The van der Waals surface area contributed by atoms with Crippen LogP contribution in [0.2, 0.25) is 0 Å². The van der Waals surface area contributed by atoms with Crippen LogP contribution in [0.4, 0.5) is 11.4 Å². The Labute approximate surface area is 187 Å². The molecular weight excluding hydrogens is 406 g/mol. The number of aryl methyl sites for hydroxylation is 1. The largest absolute Gasteiger partial charge is 0.438 e. The number of benzene rings is 2. The van der Waals surface area contributed by atoms with Gasteiger partial charge in [-0.2, -0.15) is 0 Å². The first-order valence-electron chi connectivity index (χ1n) is 10.6. The third-order valence-corrected chi connectivity index (χ3v) is 5.59. The monoisotopic (exact) mass is 433 g/mol. The quantitative estimate of drug-likeness (QED) is 0.620. The topological polar surface area (TPSA) is 90.7 Å². The Morgan fingerprint density at radius 2 is 1.84 bits per heavy atom. The predicted octanol–water partition coefficient (Wildman–Crippen LogP) is 3.24. The van der Waals surface area contributed by atoms with E-state index in [-0.39, 0.29) is 11.7 Å². The first kappa shape index (κ1) is 21.7. The van der Waals surface area contributed by atoms with Crippen molar-refractivity contribution < 1.29 is 14.0 Å². The minimum atomic E-state index is -0.403. The summed E-state index contributed by atoms with van der Waals surface area (Å²) in [5.74, 6) is -0.472. The van der Waals surface area contributed by atoms with Gasteiger partial charge in [0.1, 0.15) is 0 Å². The van der Waals surface area contributed by atoms with E-state index in [0.717, 1.165) is 43.9 Å². The van der Waals surface area contributed by atoms with Gasteiger partial charge in [-0.25, -0.2) is 4.98 Å². The first-order chi connectivity index (χ1) is 15.5. The lowest BCUT2D eigenvalue weighted by atomic mass is 10.1. The number of hydrogen-bond donors (Lipinski definition) is 2. The van der Waals surface area contributed by atoms with E-state index < -0.39 is 5.91 Å². The summed E-state index contributed by atoms with van der Waals surface area (Å²) >= 11 is 0. The smallest absolute Gasteiger partial charge is 0.293 e. The molecule has 1 saturated heterocycles. The van der Waals surface area contributed by atoms with Crippen molar-refractivity contribution in [3.63, 3.8) is 0 Å². The van der Waals surface area contributed by atoms with E-state index in [1.54, 1.807) is 12.1 Å². The average Bonchev–Trinajstić information content (AvgIpc) is 3.33. The molecule has 0 aliphatic carbocycles. The second-order valence-electron chi connectivity index (χ2n) is 8.08. The minimum Gasteiger partial charge on any atom is -0.438 e. The fraction of sp³-hybridized carbons (Fsp3) is 0.292. The van der Waals surface area contributed by atoms with Crippen molar-refractivity contribution >= 4 is 23.2 Å². The van der Waals surface area contributed by atoms with Crippen LogP contribution in [0.15, 0.2) is 59.5 Å². The van der Waals surface area contributed by atoms with Crippen molar-refractivity contribution in [3.05, 3.63) is 77.5 Å². The number of oxazole rings is 1. The van der Waals surface area contributed by atoms with Crippen LogP contribution in [0, 0.1) is 6.92 Å². The van der Waals surface area contributed by atoms with Gasteiger partial charge >= 0.3 is 0 Å². The molecule has 3 aromatic rings. The molecule has 0 unspecified atom stereocenters. The molecule has 8 nitrogen and oxygen atoms in total. The van der Waals surface area contributed by atoms with Gasteiger partial charge in [-0.05, 0) is 49.4 Å². The van der Waals surface area contributed by atoms with E-state index in [0.29, 0.717) is 16.9 Å². The van der Waals surface area contributed by atoms with Crippen LogP contribution < -0.4 is 10.6 Å². The molecule has 0 bridgehead atoms. The van der Waals surface area contributed by atoms with E-state index in [2.05, 4.69) is 38.5 Å². The van der Waals surface area contributed by atoms with E-state index >= 15 is 0 Å². The maximum atomic E-state index is 12.9. The number of rotatable bonds is 6. The van der Waals surface area contributed by atoms with E-state index in [9.17, 15) is 9.59 Å². The van der Waals surface area contributed by atoms with Gasteiger partial charge in [0, 0.05) is 49.7 Å². The molecule has 2 heterocycles. The van der Waals surface area contributed by atoms with Crippen LogP contribution in [0.3, 0.4) is 0 Å². The molecule has 2 N–H and O–H groups in total. The minimum absolute atomic E-state index is 0.119. The Kier molecular flexibility index (Phi) is 6.63. The molecule has 32 heavy (non-hydrogen) atoms. The highest BCUT2D eigenvalue weighted by atomic mass is 16.3. The summed E-state index contributed by atoms with van der Waals surface area (Å²) in [4.78, 5) is 33.6. The summed E-state index contributed by atoms with van der Waals surface area (Å²) in [7, 11) is 2.14. The molecule has 4 rings (SSSR count). The summed E-state index contributed by atoms with van der Waals surface area (Å²) in [6, 6.07) is 13.1. The van der Waals surface area contributed by atoms with Gasteiger partial charge in [-0.1, -0.05) is 18.2 Å². The zero-order chi connectivity index (χ0) is 22.5. The summed E-state index contributed by atoms with van der Waals surface area (Å²) in [5, 5.41) is 5.71. The summed E-state index contributed by atoms with van der Waals surface area (Å²) in [6.07, 6.45) is 2.55. The predicted molar refractivity (Wildman–Crippen MR) is 123 cm³/mol. The zero-order valence-electron chi connectivity index (χ0n) is 18.3. The van der Waals surface area contributed by atoms with Crippen molar-refractivity contribution in [2.45, 2.75) is 13.5 Å². The van der Waals surface area contributed by atoms with Gasteiger partial charge in [0.2, 0.25) is 5.76 Å². The van der Waals surface area contributed by atoms with E-state index in [1.165, 1.54) is 12.6 Å². The second kappa shape index (κ2) is 9.76. The number of nitrogens with zero attached hydrogens (tertiary/aromatic N) is 3. The number of aromatic nitrogens is 1. The molecule has 1 aromatic heterocycles. The van der Waals surface area contributed by atoms with Crippen molar-refractivity contribution in [2.24, 2.45) is 0 Å². The Hall–Kier alpha value is -3.49. The third-order valence-electron chi connectivity index (χ3n) is 5.59. The lowest BCUT2D eigenvalue weighted by Crippen LogP contribution is -2.43. The molecule has 0 saturated carbocycles. The highest BCUT2D eigenvalue weighted by Crippen LogP contribution is 2.22. The number of carbonyl (C=O) groups is 2. The van der Waals surface area contributed by atoms with Crippen LogP contribution in [0.5, 0.6) is 0 Å². The molecule has 0 spiro atoms. The summed E-state index contributed by atoms with van der Waals surface area (Å²) in [5.41, 5.74) is 3.80. The van der Waals surface area contributed by atoms with Crippen molar-refractivity contribution in [3.8, 4) is 0 Å². The van der Waals surface area contributed by atoms with E-state index in [1.807, 2.05) is 31.2 Å². The summed E-state index contributed by atoms with van der Waals surface area (Å²) < 4.78 is 5.02. The Bertz CT molecular complexity index is 1090. The lowest BCUT2D eigenvalue weighted by Gasteiger charge is -2.32. The van der Waals surface area contributed by atoms with Crippen LogP contribution >= 0.6 is 0 Å². The Morgan fingerprint density at radius 3 is 2.59 bits per heavy atom. The molecular formula is C24H27N5O3. The van der Waals surface area contributed by atoms with Crippen LogP contribution in [0.25, 0.3) is 0 Å². The Morgan fingerprint density at radius 1 is 1.03 bits per heavy atom. The molecule has 0 radical (unpaired) electrons. The number of likely N-dealkylation sites (N-methyl/N-ethyl adjacent to an activating group) is 1. The second-order valence-corrected chi connectivity index (χ2v) is 8.08. The molecule has 2 aromatic carbocycles. The van der Waals surface area contributed by atoms with Gasteiger partial charge in [0.05, 0.1) is 6.20 Å². The molecule has 8 heteroatoms. The molecule has 166 valence electrons. The summed E-state index contributed by atoms with van der Waals surface area (Å²) in [6.45, 7) is 6.90. The normalized spacial score (nSPS) is 14.8. The number of piperazine rings is 1. The van der Waals surface area contributed by atoms with E-state index in [4.69, 9.17) is 4.42 Å². The van der Waals surface area contributed by atoms with Crippen LogP contribution in [0.1, 0.15) is 32.0 Å². The van der Waals surface area contributed by atoms with Crippen molar-refractivity contribution in [2.75, 3.05) is 43.9 Å². The Balaban J connectivity index is 1.42. The molecule has 1 aliphatic heterocycles. The standard InChI is InChI=1S/C24H27N5O3/c1-17-6-7-20(26-24(31)22-14-25-16-32-22)13-21(17)27-23(30)19-5-3-4-18(12-19)15-29-10-8-28(2)9-11-29/h3-7,12-14,16H,8-11,15H2,1-2H3,(H,26,31)(H,27,30). The number of anilines is 2. The molecule has 1 fully saturated rings. The van der Waals surface area contributed by atoms with Crippen molar-refractivity contribution in [1.29, 1.82) is 0 Å². The van der Waals surface area contributed by atoms with Gasteiger partial charge in [0.15, 0.2) is 6.39 Å². The number of amides is 2. The lowest BCUT2D eigenvalue weighted by molar-refractivity contribution is 0.0995. The number of hydrogen-bond acceptors (Lipinski definition) is 6. The average molecular weight is 434 g/mol. The number of nitrogens with one attached hydrogen (secondary N) is 2. The van der Waals surface area contributed by atoms with Gasteiger partial charge < -0.3 is 20.0 Å². The van der Waals surface area contributed by atoms with Crippen LogP contribution in [-0.2, 0) is 6.54 Å². The highest BCUT2D eigenvalue weighted by molar-refractivity contribution is 6.06. The van der Waals surface area contributed by atoms with Crippen LogP contribution in [-0.4, -0.2) is 59.8 Å². The van der Waals surface area contributed by atoms with Gasteiger partial charge in [-0.15, -0.1) is 0 Å². The first-order valence-corrected chi connectivity index (χ1v) is 10.6. The maximum Gasteiger partial charge on any atom is 0.293 e. The fourth-order valence-electron chi connectivity index (χ4n) is 3.62. The zero-order valence-corrected chi connectivity index (χ0v) is 18.3. The number of carbonyl (C=O) groups excluding carboxylic acids is 2. The SMILES string of the molecule is Cc1ccc(NC(=O)c2cnco2)cc1NC(=O)c1cccc(CN2CCN(C)CC2)c1. The molecule has 2 amide bonds. The third kappa shape index (κ3) is 5.40. The van der Waals surface area contributed by atoms with Crippen molar-refractivity contribution in [1.82, 2.24) is 14.8 Å². The van der Waals surface area contributed by atoms with Gasteiger partial charge in [0.25, 0.3) is 11.8 Å². The highest BCUT2D eigenvalue weighted by Gasteiger charge is 2.16. The fourth-order valence-corrected chi connectivity index (χ4v) is 3.62. The van der Waals surface area contributed by atoms with Gasteiger partial charge in [-0.3, -0.25) is 14.5 Å². The molecule has 0 atom stereocenters. The molecule has 1 aliphatic rings. The maximum absolute atomic E-state index is 12.9.